The minimum atomic E-state index is -0.324. The summed E-state index contributed by atoms with van der Waals surface area (Å²) in [6.45, 7) is 0. The highest BCUT2D eigenvalue weighted by Gasteiger charge is 2.59. The minimum Gasteiger partial charge on any atom is -0.457 e. The quantitative estimate of drug-likeness (QED) is 0.262. The first kappa shape index (κ1) is 22.5. The van der Waals surface area contributed by atoms with Crippen molar-refractivity contribution in [2.24, 2.45) is 23.7 Å². The summed E-state index contributed by atoms with van der Waals surface area (Å²) in [5.74, 6) is 0.519. The number of benzene rings is 4. The van der Waals surface area contributed by atoms with Gasteiger partial charge in [-0.25, -0.2) is 4.90 Å². The molecule has 2 fully saturated rings. The van der Waals surface area contributed by atoms with Crippen LogP contribution >= 0.6 is 0 Å². The third kappa shape index (κ3) is 3.60. The molecule has 3 amide bonds. The number of hydrogen-bond donors (Lipinski definition) is 1. The fourth-order valence-corrected chi connectivity index (χ4v) is 6.16. The number of anilines is 2. The fourth-order valence-electron chi connectivity index (χ4n) is 6.16. The molecular weight excluding hydrogens is 476 g/mol. The average Bonchev–Trinajstić information content (AvgIpc) is 3.63. The van der Waals surface area contributed by atoms with E-state index in [-0.39, 0.29) is 41.4 Å². The van der Waals surface area contributed by atoms with Gasteiger partial charge in [0.15, 0.2) is 0 Å². The number of carbonyl (C=O) groups excluding carboxylic acids is 3. The van der Waals surface area contributed by atoms with Crippen LogP contribution in [0.5, 0.6) is 11.5 Å². The number of ether oxygens (including phenoxy) is 1. The summed E-state index contributed by atoms with van der Waals surface area (Å²) in [4.78, 5) is 40.6. The van der Waals surface area contributed by atoms with E-state index in [0.29, 0.717) is 22.7 Å². The number of fused-ring (bicyclic) bond motifs is 6. The number of imide groups is 1. The average molecular weight is 501 g/mol. The zero-order valence-corrected chi connectivity index (χ0v) is 20.4. The normalized spacial score (nSPS) is 23.2. The van der Waals surface area contributed by atoms with E-state index in [1.54, 1.807) is 48.5 Å². The van der Waals surface area contributed by atoms with Crippen molar-refractivity contribution in [2.45, 2.75) is 6.42 Å². The van der Waals surface area contributed by atoms with Crippen molar-refractivity contribution in [2.75, 3.05) is 10.2 Å². The van der Waals surface area contributed by atoms with E-state index in [0.717, 1.165) is 22.9 Å². The lowest BCUT2D eigenvalue weighted by Crippen LogP contribution is -2.33. The highest BCUT2D eigenvalue weighted by molar-refractivity contribution is 6.23. The van der Waals surface area contributed by atoms with Crippen LogP contribution in [0.4, 0.5) is 11.4 Å². The molecule has 4 aromatic carbocycles. The van der Waals surface area contributed by atoms with E-state index in [1.807, 2.05) is 42.5 Å². The summed E-state index contributed by atoms with van der Waals surface area (Å²) in [7, 11) is 0. The van der Waals surface area contributed by atoms with E-state index in [2.05, 4.69) is 17.5 Å². The molecule has 0 unspecified atom stereocenters. The maximum Gasteiger partial charge on any atom is 0.255 e. The smallest absolute Gasteiger partial charge is 0.255 e. The molecule has 6 heteroatoms. The molecule has 1 N–H and O–H groups in total. The van der Waals surface area contributed by atoms with Crippen LogP contribution in [-0.4, -0.2) is 17.7 Å². The maximum absolute atomic E-state index is 13.2. The molecule has 2 aliphatic carbocycles. The van der Waals surface area contributed by atoms with Crippen molar-refractivity contribution in [3.8, 4) is 11.5 Å². The minimum absolute atomic E-state index is 0.144. The zero-order chi connectivity index (χ0) is 25.8. The molecule has 0 radical (unpaired) electrons. The summed E-state index contributed by atoms with van der Waals surface area (Å²) in [6.07, 6.45) is 5.03. The standard InChI is InChI=1S/C32H24N2O4/c35-30(33-23-13-15-25(16-14-23)38-27-10-4-6-19-5-1-2-9-26(19)27)22-7-3-8-24(18-22)34-31(36)28-20-11-12-21(17-20)29(28)32(34)37/h1-16,18,20-21,28-29H,17H2,(H,33,35)/t20-,21-,28-,29+/m0/s1. The number of nitrogens with one attached hydrogen (secondary N) is 1. The summed E-state index contributed by atoms with van der Waals surface area (Å²) >= 11 is 0. The Bertz CT molecular complexity index is 1610. The van der Waals surface area contributed by atoms with E-state index in [9.17, 15) is 14.4 Å². The number of allylic oxidation sites excluding steroid dienone is 2. The van der Waals surface area contributed by atoms with Gasteiger partial charge in [0, 0.05) is 16.6 Å². The second kappa shape index (κ2) is 8.70. The molecule has 1 saturated carbocycles. The lowest BCUT2D eigenvalue weighted by molar-refractivity contribution is -0.123. The topological polar surface area (TPSA) is 75.7 Å². The van der Waals surface area contributed by atoms with E-state index in [1.165, 1.54) is 4.90 Å². The predicted octanol–water partition coefficient (Wildman–Crippen LogP) is 6.20. The largest absolute Gasteiger partial charge is 0.457 e. The Labute approximate surface area is 219 Å². The van der Waals surface area contributed by atoms with E-state index in [4.69, 9.17) is 4.74 Å². The summed E-state index contributed by atoms with van der Waals surface area (Å²) in [5.41, 5.74) is 1.42. The Hall–Kier alpha value is -4.71. The molecule has 1 saturated heterocycles. The molecule has 38 heavy (non-hydrogen) atoms. The van der Waals surface area contributed by atoms with E-state index < -0.39 is 0 Å². The maximum atomic E-state index is 13.2. The second-order valence-electron chi connectivity index (χ2n) is 10.1. The first-order chi connectivity index (χ1) is 18.6. The SMILES string of the molecule is O=C(Nc1ccc(Oc2cccc3ccccc23)cc1)c1cccc(N2C(=O)[C@@H]3[C@H](C2=O)[C@H]2C=C[C@H]3C2)c1. The van der Waals surface area contributed by atoms with Crippen molar-refractivity contribution in [1.29, 1.82) is 0 Å². The van der Waals surface area contributed by atoms with Crippen LogP contribution in [0, 0.1) is 23.7 Å². The molecule has 1 heterocycles. The molecule has 186 valence electrons. The number of amides is 3. The van der Waals surface area contributed by atoms with Crippen molar-refractivity contribution in [3.63, 3.8) is 0 Å². The van der Waals surface area contributed by atoms with Crippen molar-refractivity contribution < 1.29 is 19.1 Å². The van der Waals surface area contributed by atoms with Crippen molar-refractivity contribution in [1.82, 2.24) is 0 Å². The van der Waals surface area contributed by atoms with Crippen LogP contribution in [0.1, 0.15) is 16.8 Å². The van der Waals surface area contributed by atoms with Crippen LogP contribution in [0.25, 0.3) is 10.8 Å². The van der Waals surface area contributed by atoms with Crippen LogP contribution in [0.15, 0.2) is 103 Å². The monoisotopic (exact) mass is 500 g/mol. The highest BCUT2D eigenvalue weighted by Crippen LogP contribution is 2.53. The number of hydrogen-bond acceptors (Lipinski definition) is 4. The molecule has 0 spiro atoms. The van der Waals surface area contributed by atoms with Crippen LogP contribution in [-0.2, 0) is 9.59 Å². The van der Waals surface area contributed by atoms with Gasteiger partial charge in [0.05, 0.1) is 17.5 Å². The first-order valence-corrected chi connectivity index (χ1v) is 12.8. The van der Waals surface area contributed by atoms with Gasteiger partial charge in [-0.2, -0.15) is 0 Å². The van der Waals surface area contributed by atoms with Gasteiger partial charge in [-0.15, -0.1) is 0 Å². The molecule has 0 aromatic heterocycles. The molecule has 7 rings (SSSR count). The van der Waals surface area contributed by atoms with Crippen molar-refractivity contribution >= 4 is 39.9 Å². The molecule has 4 atom stereocenters. The zero-order valence-electron chi connectivity index (χ0n) is 20.4. The third-order valence-corrected chi connectivity index (χ3v) is 7.93. The number of carbonyl (C=O) groups is 3. The molecule has 4 aromatic rings. The Balaban J connectivity index is 1.06. The third-order valence-electron chi connectivity index (χ3n) is 7.93. The first-order valence-electron chi connectivity index (χ1n) is 12.8. The Morgan fingerprint density at radius 1 is 0.789 bits per heavy atom. The summed E-state index contributed by atoms with van der Waals surface area (Å²) < 4.78 is 6.09. The molecule has 1 aliphatic heterocycles. The Kier molecular flexibility index (Phi) is 5.15. The lowest BCUT2D eigenvalue weighted by Gasteiger charge is -2.18. The van der Waals surface area contributed by atoms with Gasteiger partial charge in [0.1, 0.15) is 11.5 Å². The second-order valence-corrected chi connectivity index (χ2v) is 10.1. The number of nitrogens with zero attached hydrogens (tertiary/aromatic N) is 1. The van der Waals surface area contributed by atoms with Gasteiger partial charge in [0.25, 0.3) is 5.91 Å². The van der Waals surface area contributed by atoms with Crippen LogP contribution in [0.3, 0.4) is 0 Å². The van der Waals surface area contributed by atoms with Gasteiger partial charge >= 0.3 is 0 Å². The van der Waals surface area contributed by atoms with Crippen LogP contribution in [0.2, 0.25) is 0 Å². The number of rotatable bonds is 5. The fraction of sp³-hybridized carbons (Fsp3) is 0.156. The molecule has 2 bridgehead atoms. The highest BCUT2D eigenvalue weighted by atomic mass is 16.5. The van der Waals surface area contributed by atoms with Gasteiger partial charge in [-0.1, -0.05) is 54.6 Å². The molecule has 6 nitrogen and oxygen atoms in total. The summed E-state index contributed by atoms with van der Waals surface area (Å²) in [5, 5.41) is 5.01. The van der Waals surface area contributed by atoms with Gasteiger partial charge in [-0.05, 0) is 72.2 Å². The van der Waals surface area contributed by atoms with Crippen LogP contribution < -0.4 is 15.0 Å². The molecular formula is C32H24N2O4. The Morgan fingerprint density at radius 3 is 2.24 bits per heavy atom. The Morgan fingerprint density at radius 2 is 1.47 bits per heavy atom. The van der Waals surface area contributed by atoms with E-state index >= 15 is 0 Å². The summed E-state index contributed by atoms with van der Waals surface area (Å²) in [6, 6.07) is 27.8. The lowest BCUT2D eigenvalue weighted by atomic mass is 9.85. The van der Waals surface area contributed by atoms with Gasteiger partial charge in [-0.3, -0.25) is 14.4 Å². The molecule has 3 aliphatic rings. The predicted molar refractivity (Wildman–Crippen MR) is 145 cm³/mol. The van der Waals surface area contributed by atoms with Crippen molar-refractivity contribution in [3.05, 3.63) is 109 Å². The van der Waals surface area contributed by atoms with Gasteiger partial charge < -0.3 is 10.1 Å². The van der Waals surface area contributed by atoms with Gasteiger partial charge in [0.2, 0.25) is 11.8 Å².